The first-order valence-corrected chi connectivity index (χ1v) is 6.86. The first-order chi connectivity index (χ1) is 13.5. The van der Waals surface area contributed by atoms with Crippen molar-refractivity contribution >= 4 is 5.97 Å². The van der Waals surface area contributed by atoms with E-state index >= 15 is 0 Å². The molecule has 0 aromatic rings. The Balaban J connectivity index is 6.58. The molecule has 0 bridgehead atoms. The maximum absolute atomic E-state index is 13.3. The van der Waals surface area contributed by atoms with Crippen LogP contribution in [-0.2, 0) is 4.79 Å². The van der Waals surface area contributed by atoms with Crippen LogP contribution in [0.4, 0.5) is 79.0 Å². The third kappa shape index (κ3) is 4.40. The number of hydrogen-bond acceptors (Lipinski definition) is 1. The number of halogens is 18. The Kier molecular flexibility index (Phi) is 7.27. The minimum atomic E-state index is -7.92. The molecular formula is C12H4F18O2. The molecule has 0 amide bonds. The first-order valence-electron chi connectivity index (χ1n) is 6.86. The fourth-order valence-electron chi connectivity index (χ4n) is 1.61. The maximum atomic E-state index is 13.3. The van der Waals surface area contributed by atoms with Crippen molar-refractivity contribution in [1.29, 1.82) is 0 Å². The first kappa shape index (κ1) is 29.9. The largest absolute Gasteiger partial charge is 0.481 e. The molecule has 0 aromatic carbocycles. The van der Waals surface area contributed by atoms with Gasteiger partial charge in [-0.05, 0) is 0 Å². The van der Waals surface area contributed by atoms with Gasteiger partial charge in [-0.25, -0.2) is 4.39 Å². The van der Waals surface area contributed by atoms with E-state index in [1.54, 1.807) is 0 Å². The highest BCUT2D eigenvalue weighted by atomic mass is 19.4. The van der Waals surface area contributed by atoms with Crippen LogP contribution in [0.1, 0.15) is 6.42 Å². The number of hydrogen-bond donors (Lipinski definition) is 1. The van der Waals surface area contributed by atoms with Gasteiger partial charge in [0, 0.05) is 6.08 Å². The van der Waals surface area contributed by atoms with Gasteiger partial charge in [-0.3, -0.25) is 4.79 Å². The van der Waals surface area contributed by atoms with Gasteiger partial charge >= 0.3 is 53.6 Å². The van der Waals surface area contributed by atoms with Crippen LogP contribution < -0.4 is 0 Å². The number of carboxylic acids is 1. The Morgan fingerprint density at radius 3 is 1.31 bits per heavy atom. The van der Waals surface area contributed by atoms with E-state index in [-0.39, 0.29) is 0 Å². The van der Waals surface area contributed by atoms with Gasteiger partial charge < -0.3 is 5.11 Å². The lowest BCUT2D eigenvalue weighted by atomic mass is 9.94. The average molecular weight is 522 g/mol. The zero-order valence-corrected chi connectivity index (χ0v) is 13.9. The van der Waals surface area contributed by atoms with Crippen molar-refractivity contribution in [3.63, 3.8) is 0 Å². The molecule has 0 aliphatic heterocycles. The number of allylic oxidation sites excluding steroid dienone is 2. The highest BCUT2D eigenvalue weighted by molar-refractivity contribution is 5.68. The number of alkyl halides is 17. The molecule has 0 spiro atoms. The highest BCUT2D eigenvalue weighted by Crippen LogP contribution is 2.58. The van der Waals surface area contributed by atoms with Gasteiger partial charge in [-0.1, -0.05) is 0 Å². The summed E-state index contributed by atoms with van der Waals surface area (Å²) in [4.78, 5) is 9.97. The number of rotatable bonds is 9. The standard InChI is InChI=1S/C12H4F18O2/c13-3(1-5(14,15)9(22,23)11(26,27)12(28,29)30)7(18,19)10(24,25)8(20,21)6(16,17)2-4(31)32/h1H,2H2,(H,31,32)/b3-1+. The van der Waals surface area contributed by atoms with E-state index < -0.39 is 71.9 Å². The second kappa shape index (κ2) is 7.77. The number of carboxylic acid groups (broad SMARTS) is 1. The Bertz CT molecular complexity index is 746. The van der Waals surface area contributed by atoms with Crippen molar-refractivity contribution in [2.75, 3.05) is 0 Å². The Morgan fingerprint density at radius 1 is 0.625 bits per heavy atom. The third-order valence-electron chi connectivity index (χ3n) is 3.40. The van der Waals surface area contributed by atoms with Crippen molar-refractivity contribution in [2.45, 2.75) is 54.1 Å². The predicted molar refractivity (Wildman–Crippen MR) is 62.1 cm³/mol. The zero-order valence-electron chi connectivity index (χ0n) is 13.9. The molecule has 1 N–H and O–H groups in total. The second-order valence-corrected chi connectivity index (χ2v) is 5.76. The lowest BCUT2D eigenvalue weighted by Gasteiger charge is -2.36. The van der Waals surface area contributed by atoms with Crippen LogP contribution in [0.3, 0.4) is 0 Å². The molecule has 0 fully saturated rings. The Morgan fingerprint density at radius 2 is 1.00 bits per heavy atom. The SMILES string of the molecule is O=C(O)CC(F)(F)C(F)(F)C(F)(F)C(F)(F)/C(F)=C\C(F)(F)C(F)(F)C(F)(F)C(F)(F)F. The summed E-state index contributed by atoms with van der Waals surface area (Å²) < 4.78 is 231. The van der Waals surface area contributed by atoms with Gasteiger partial charge in [-0.2, -0.15) is 74.6 Å². The van der Waals surface area contributed by atoms with Crippen molar-refractivity contribution in [2.24, 2.45) is 0 Å². The van der Waals surface area contributed by atoms with Gasteiger partial charge in [0.05, 0.1) is 0 Å². The van der Waals surface area contributed by atoms with Crippen molar-refractivity contribution < 1.29 is 88.9 Å². The van der Waals surface area contributed by atoms with Crippen LogP contribution in [0, 0.1) is 0 Å². The van der Waals surface area contributed by atoms with E-state index in [1.165, 1.54) is 0 Å². The lowest BCUT2D eigenvalue weighted by molar-refractivity contribution is -0.389. The molecule has 0 aliphatic rings. The quantitative estimate of drug-likeness (QED) is 0.360. The monoisotopic (exact) mass is 522 g/mol. The summed E-state index contributed by atoms with van der Waals surface area (Å²) in [5, 5.41) is 7.90. The molecule has 0 unspecified atom stereocenters. The molecule has 20 heteroatoms. The van der Waals surface area contributed by atoms with Crippen molar-refractivity contribution in [3.05, 3.63) is 11.9 Å². The predicted octanol–water partition coefficient (Wildman–Crippen LogP) is 6.32. The minimum Gasteiger partial charge on any atom is -0.481 e. The summed E-state index contributed by atoms with van der Waals surface area (Å²) in [6.45, 7) is 0. The van der Waals surface area contributed by atoms with Crippen LogP contribution in [0.15, 0.2) is 11.9 Å². The summed E-state index contributed by atoms with van der Waals surface area (Å²) in [6, 6.07) is 0. The summed E-state index contributed by atoms with van der Waals surface area (Å²) >= 11 is 0. The number of carbonyl (C=O) groups is 1. The topological polar surface area (TPSA) is 37.3 Å². The molecule has 190 valence electrons. The zero-order chi connectivity index (χ0) is 26.6. The van der Waals surface area contributed by atoms with Gasteiger partial charge in [0.25, 0.3) is 0 Å². The van der Waals surface area contributed by atoms with Crippen LogP contribution in [0.25, 0.3) is 0 Å². The maximum Gasteiger partial charge on any atom is 0.460 e. The lowest BCUT2D eigenvalue weighted by Crippen LogP contribution is -2.63. The van der Waals surface area contributed by atoms with E-state index in [0.29, 0.717) is 0 Å². The summed E-state index contributed by atoms with van der Waals surface area (Å²) in [6.07, 6.45) is -13.9. The fraction of sp³-hybridized carbons (Fsp3) is 0.750. The molecule has 0 radical (unpaired) electrons. The molecule has 2 nitrogen and oxygen atoms in total. The molecule has 0 saturated carbocycles. The van der Waals surface area contributed by atoms with Gasteiger partial charge in [0.15, 0.2) is 5.83 Å². The van der Waals surface area contributed by atoms with Crippen LogP contribution in [-0.4, -0.2) is 58.7 Å². The molecule has 0 heterocycles. The normalized spacial score (nSPS) is 16.4. The molecule has 0 atom stereocenters. The highest BCUT2D eigenvalue weighted by Gasteiger charge is 2.84. The number of aliphatic carboxylic acids is 1. The average Bonchev–Trinajstić information content (AvgIpc) is 2.50. The summed E-state index contributed by atoms with van der Waals surface area (Å²) in [7, 11) is 0. The van der Waals surface area contributed by atoms with Gasteiger partial charge in [-0.15, -0.1) is 0 Å². The molecule has 0 aromatic heterocycles. The van der Waals surface area contributed by atoms with E-state index in [4.69, 9.17) is 5.11 Å². The molecule has 0 saturated heterocycles. The van der Waals surface area contributed by atoms with E-state index in [2.05, 4.69) is 0 Å². The van der Waals surface area contributed by atoms with E-state index in [0.717, 1.165) is 0 Å². The van der Waals surface area contributed by atoms with Gasteiger partial charge in [0.1, 0.15) is 6.42 Å². The van der Waals surface area contributed by atoms with E-state index in [9.17, 15) is 83.8 Å². The smallest absolute Gasteiger partial charge is 0.460 e. The fourth-order valence-corrected chi connectivity index (χ4v) is 1.61. The molecule has 0 rings (SSSR count). The van der Waals surface area contributed by atoms with Crippen LogP contribution >= 0.6 is 0 Å². The Hall–Kier alpha value is -2.05. The Labute approximate surface area is 162 Å². The van der Waals surface area contributed by atoms with Crippen LogP contribution in [0.5, 0.6) is 0 Å². The van der Waals surface area contributed by atoms with Crippen molar-refractivity contribution in [3.8, 4) is 0 Å². The summed E-state index contributed by atoms with van der Waals surface area (Å²) in [5.74, 6) is -61.1. The van der Waals surface area contributed by atoms with E-state index in [1.807, 2.05) is 0 Å². The summed E-state index contributed by atoms with van der Waals surface area (Å²) in [5.41, 5.74) is 0. The van der Waals surface area contributed by atoms with Crippen LogP contribution in [0.2, 0.25) is 0 Å². The molecule has 0 aliphatic carbocycles. The minimum absolute atomic E-state index is 3.02. The third-order valence-corrected chi connectivity index (χ3v) is 3.40. The van der Waals surface area contributed by atoms with Gasteiger partial charge in [0.2, 0.25) is 0 Å². The molecular weight excluding hydrogens is 518 g/mol. The second-order valence-electron chi connectivity index (χ2n) is 5.76. The van der Waals surface area contributed by atoms with Crippen molar-refractivity contribution in [1.82, 2.24) is 0 Å². The molecule has 32 heavy (non-hydrogen) atoms.